The van der Waals surface area contributed by atoms with Gasteiger partial charge in [-0.3, -0.25) is 0 Å². The molecule has 1 heterocycles. The Morgan fingerprint density at radius 2 is 2.00 bits per heavy atom. The molecule has 20 heavy (non-hydrogen) atoms. The molecule has 98 valence electrons. The molecule has 0 bridgehead atoms. The van der Waals surface area contributed by atoms with Crippen LogP contribution in [0, 0.1) is 11.3 Å². The largest absolute Gasteiger partial charge is 0.497 e. The third kappa shape index (κ3) is 1.77. The van der Waals surface area contributed by atoms with Crippen molar-refractivity contribution in [2.75, 3.05) is 12.8 Å². The van der Waals surface area contributed by atoms with Crippen molar-refractivity contribution in [3.63, 3.8) is 0 Å². The van der Waals surface area contributed by atoms with E-state index in [2.05, 4.69) is 6.07 Å². The topological polar surface area (TPSA) is 64.0 Å². The highest BCUT2D eigenvalue weighted by molar-refractivity contribution is 5.89. The smallest absolute Gasteiger partial charge is 0.132 e. The minimum absolute atomic E-state index is 0.571. The Hall–Kier alpha value is -2.93. The van der Waals surface area contributed by atoms with Crippen LogP contribution < -0.4 is 10.5 Å². The maximum absolute atomic E-state index is 9.42. The van der Waals surface area contributed by atoms with E-state index >= 15 is 0 Å². The van der Waals surface area contributed by atoms with Gasteiger partial charge in [0, 0.05) is 23.0 Å². The van der Waals surface area contributed by atoms with E-state index in [-0.39, 0.29) is 0 Å². The number of nitrogens with zero attached hydrogens (tertiary/aromatic N) is 2. The first-order chi connectivity index (χ1) is 9.74. The number of methoxy groups -OCH3 is 1. The number of anilines is 1. The van der Waals surface area contributed by atoms with Crippen molar-refractivity contribution in [2.45, 2.75) is 0 Å². The monoisotopic (exact) mass is 263 g/mol. The van der Waals surface area contributed by atoms with Crippen molar-refractivity contribution >= 4 is 16.5 Å². The van der Waals surface area contributed by atoms with Gasteiger partial charge in [0.2, 0.25) is 0 Å². The van der Waals surface area contributed by atoms with Crippen LogP contribution in [-0.4, -0.2) is 11.7 Å². The number of nitrogens with two attached hydrogens (primary N) is 1. The first-order valence-electron chi connectivity index (χ1n) is 6.18. The molecule has 0 saturated carbocycles. The molecule has 4 nitrogen and oxygen atoms in total. The van der Waals surface area contributed by atoms with Crippen LogP contribution in [0.2, 0.25) is 0 Å². The predicted octanol–water partition coefficient (Wildman–Crippen LogP) is 3.09. The number of hydrogen-bond donors (Lipinski definition) is 1. The number of hydrogen-bond acceptors (Lipinski definition) is 3. The molecule has 0 radical (unpaired) electrons. The Kier molecular flexibility index (Phi) is 2.81. The van der Waals surface area contributed by atoms with Gasteiger partial charge >= 0.3 is 0 Å². The lowest BCUT2D eigenvalue weighted by Crippen LogP contribution is -2.01. The number of aromatic nitrogens is 1. The molecule has 0 atom stereocenters. The standard InChI is InChI=1S/C16H13N3O/c1-20-12-6-7-15(14(18)8-12)19-10-11-4-2-3-5-13(11)16(19)9-17/h2-8,10H,18H2,1H3. The van der Waals surface area contributed by atoms with Gasteiger partial charge in [0.25, 0.3) is 0 Å². The van der Waals surface area contributed by atoms with E-state index in [0.717, 1.165) is 16.5 Å². The molecule has 3 rings (SSSR count). The maximum Gasteiger partial charge on any atom is 0.132 e. The molecule has 3 aromatic rings. The van der Waals surface area contributed by atoms with Crippen LogP contribution in [0.3, 0.4) is 0 Å². The van der Waals surface area contributed by atoms with Gasteiger partial charge in [-0.2, -0.15) is 5.26 Å². The van der Waals surface area contributed by atoms with Crippen LogP contribution >= 0.6 is 0 Å². The number of nitriles is 1. The van der Waals surface area contributed by atoms with E-state index in [9.17, 15) is 5.26 Å². The predicted molar refractivity (Wildman–Crippen MR) is 79.0 cm³/mol. The summed E-state index contributed by atoms with van der Waals surface area (Å²) in [5, 5.41) is 11.4. The van der Waals surface area contributed by atoms with E-state index < -0.39 is 0 Å². The summed E-state index contributed by atoms with van der Waals surface area (Å²) in [6.07, 6.45) is 1.92. The fourth-order valence-electron chi connectivity index (χ4n) is 2.34. The number of fused-ring (bicyclic) bond motifs is 1. The van der Waals surface area contributed by atoms with Gasteiger partial charge in [-0.05, 0) is 12.1 Å². The summed E-state index contributed by atoms with van der Waals surface area (Å²) < 4.78 is 6.97. The van der Waals surface area contributed by atoms with Crippen molar-refractivity contribution < 1.29 is 4.74 Å². The summed E-state index contributed by atoms with van der Waals surface area (Å²) >= 11 is 0. The first-order valence-corrected chi connectivity index (χ1v) is 6.18. The zero-order valence-corrected chi connectivity index (χ0v) is 11.0. The second-order valence-electron chi connectivity index (χ2n) is 4.47. The number of nitrogen functional groups attached to an aromatic ring is 1. The van der Waals surface area contributed by atoms with E-state index in [0.29, 0.717) is 17.1 Å². The lowest BCUT2D eigenvalue weighted by Gasteiger charge is -2.10. The number of benzene rings is 2. The summed E-state index contributed by atoms with van der Waals surface area (Å²) in [5.74, 6) is 0.696. The lowest BCUT2D eigenvalue weighted by atomic mass is 10.2. The molecule has 0 amide bonds. The van der Waals surface area contributed by atoms with E-state index in [1.807, 2.05) is 47.2 Å². The second-order valence-corrected chi connectivity index (χ2v) is 4.47. The zero-order valence-electron chi connectivity index (χ0n) is 11.0. The lowest BCUT2D eigenvalue weighted by molar-refractivity contribution is 0.415. The van der Waals surface area contributed by atoms with Gasteiger partial charge in [-0.1, -0.05) is 24.3 Å². The first kappa shape index (κ1) is 12.1. The van der Waals surface area contributed by atoms with Crippen LogP contribution in [0.5, 0.6) is 5.75 Å². The molecule has 0 saturated heterocycles. The molecule has 0 aliphatic carbocycles. The van der Waals surface area contributed by atoms with Crippen LogP contribution in [-0.2, 0) is 0 Å². The summed E-state index contributed by atoms with van der Waals surface area (Å²) in [6.45, 7) is 0. The van der Waals surface area contributed by atoms with Crippen molar-refractivity contribution in [2.24, 2.45) is 0 Å². The molecule has 0 spiro atoms. The van der Waals surface area contributed by atoms with Crippen molar-refractivity contribution in [3.05, 3.63) is 54.4 Å². The maximum atomic E-state index is 9.42. The van der Waals surface area contributed by atoms with Gasteiger partial charge in [0.1, 0.15) is 17.5 Å². The minimum atomic E-state index is 0.571. The highest BCUT2D eigenvalue weighted by Crippen LogP contribution is 2.29. The van der Waals surface area contributed by atoms with Crippen molar-refractivity contribution in [1.29, 1.82) is 5.26 Å². The molecule has 0 unspecified atom stereocenters. The third-order valence-corrected chi connectivity index (χ3v) is 3.33. The second kappa shape index (κ2) is 4.63. The fraction of sp³-hybridized carbons (Fsp3) is 0.0625. The molecule has 2 aromatic carbocycles. The highest BCUT2D eigenvalue weighted by atomic mass is 16.5. The van der Waals surface area contributed by atoms with Crippen LogP contribution in [0.4, 0.5) is 5.69 Å². The number of rotatable bonds is 2. The average molecular weight is 263 g/mol. The Balaban J connectivity index is 2.27. The van der Waals surface area contributed by atoms with Crippen LogP contribution in [0.15, 0.2) is 48.7 Å². The molecule has 0 aliphatic heterocycles. The minimum Gasteiger partial charge on any atom is -0.497 e. The molecular formula is C16H13N3O. The van der Waals surface area contributed by atoms with Gasteiger partial charge in [0.15, 0.2) is 0 Å². The quantitative estimate of drug-likeness (QED) is 0.722. The molecule has 4 heteroatoms. The highest BCUT2D eigenvalue weighted by Gasteiger charge is 2.12. The van der Waals surface area contributed by atoms with E-state index in [4.69, 9.17) is 10.5 Å². The van der Waals surface area contributed by atoms with Gasteiger partial charge < -0.3 is 15.0 Å². The third-order valence-electron chi connectivity index (χ3n) is 3.33. The Morgan fingerprint density at radius 1 is 1.20 bits per heavy atom. The summed E-state index contributed by atoms with van der Waals surface area (Å²) in [4.78, 5) is 0. The molecule has 0 aliphatic rings. The van der Waals surface area contributed by atoms with Gasteiger partial charge in [0.05, 0.1) is 18.5 Å². The number of ether oxygens (including phenoxy) is 1. The Morgan fingerprint density at radius 3 is 2.70 bits per heavy atom. The van der Waals surface area contributed by atoms with Gasteiger partial charge in [-0.15, -0.1) is 0 Å². The van der Waals surface area contributed by atoms with E-state index in [1.54, 1.807) is 13.2 Å². The van der Waals surface area contributed by atoms with E-state index in [1.165, 1.54) is 0 Å². The molecular weight excluding hydrogens is 250 g/mol. The SMILES string of the molecule is COc1ccc(-n2cc3ccccc3c2C#N)c(N)c1. The zero-order chi connectivity index (χ0) is 14.1. The molecule has 2 N–H and O–H groups in total. The summed E-state index contributed by atoms with van der Waals surface area (Å²) in [7, 11) is 1.60. The molecule has 0 fully saturated rings. The van der Waals surface area contributed by atoms with Crippen molar-refractivity contribution in [3.8, 4) is 17.5 Å². The summed E-state index contributed by atoms with van der Waals surface area (Å²) in [5.41, 5.74) is 7.99. The Bertz CT molecular complexity index is 827. The fourth-order valence-corrected chi connectivity index (χ4v) is 2.34. The van der Waals surface area contributed by atoms with Crippen molar-refractivity contribution in [1.82, 2.24) is 4.57 Å². The van der Waals surface area contributed by atoms with Gasteiger partial charge in [-0.25, -0.2) is 0 Å². The van der Waals surface area contributed by atoms with Crippen LogP contribution in [0.1, 0.15) is 5.69 Å². The Labute approximate surface area is 116 Å². The summed E-state index contributed by atoms with van der Waals surface area (Å²) in [6, 6.07) is 15.5. The normalized spacial score (nSPS) is 10.4. The average Bonchev–Trinajstić information content (AvgIpc) is 2.85. The van der Waals surface area contributed by atoms with Crippen LogP contribution in [0.25, 0.3) is 16.5 Å². The molecule has 1 aromatic heterocycles.